The smallest absolute Gasteiger partial charge is 0.183 e. The van der Waals surface area contributed by atoms with E-state index in [-0.39, 0.29) is 0 Å². The first-order valence-electron chi connectivity index (χ1n) is 9.56. The number of likely N-dealkylation sites (tertiary alicyclic amines) is 1. The average Bonchev–Trinajstić information content (AvgIpc) is 3.15. The van der Waals surface area contributed by atoms with Gasteiger partial charge in [-0.25, -0.2) is 4.98 Å². The Morgan fingerprint density at radius 1 is 1.19 bits per heavy atom. The minimum Gasteiger partial charge on any atom is -0.493 e. The normalized spacial score (nSPS) is 18.0. The lowest BCUT2D eigenvalue weighted by atomic mass is 9.97. The summed E-state index contributed by atoms with van der Waals surface area (Å²) in [5.41, 5.74) is 0.932. The first-order valence-corrected chi connectivity index (χ1v) is 9.56. The molecule has 0 unspecified atom stereocenters. The summed E-state index contributed by atoms with van der Waals surface area (Å²) in [4.78, 5) is 11.7. The SMILES string of the molecule is CCCCn1ccnc1[C@@H]1CCCN(Cc2nccc(OC)c2OC)C1. The van der Waals surface area contributed by atoms with E-state index in [1.807, 2.05) is 12.3 Å². The molecule has 1 aliphatic heterocycles. The fourth-order valence-corrected chi connectivity index (χ4v) is 3.78. The highest BCUT2D eigenvalue weighted by Crippen LogP contribution is 2.32. The Morgan fingerprint density at radius 3 is 2.85 bits per heavy atom. The fraction of sp³-hybridized carbons (Fsp3) is 0.600. The van der Waals surface area contributed by atoms with Crippen LogP contribution < -0.4 is 9.47 Å². The van der Waals surface area contributed by atoms with Crippen LogP contribution in [0.25, 0.3) is 0 Å². The highest BCUT2D eigenvalue weighted by molar-refractivity contribution is 5.42. The van der Waals surface area contributed by atoms with Gasteiger partial charge < -0.3 is 14.0 Å². The molecule has 1 fully saturated rings. The number of ether oxygens (including phenoxy) is 2. The van der Waals surface area contributed by atoms with Crippen LogP contribution in [0.2, 0.25) is 0 Å². The minimum absolute atomic E-state index is 0.479. The number of hydrogen-bond donors (Lipinski definition) is 0. The molecule has 2 aromatic heterocycles. The van der Waals surface area contributed by atoms with Gasteiger partial charge in [-0.15, -0.1) is 0 Å². The van der Waals surface area contributed by atoms with Gasteiger partial charge in [-0.2, -0.15) is 0 Å². The van der Waals surface area contributed by atoms with E-state index < -0.39 is 0 Å². The van der Waals surface area contributed by atoms with Gasteiger partial charge in [0.15, 0.2) is 11.5 Å². The molecule has 1 saturated heterocycles. The third kappa shape index (κ3) is 4.18. The Labute approximate surface area is 156 Å². The Kier molecular flexibility index (Phi) is 6.50. The number of hydrogen-bond acceptors (Lipinski definition) is 5. The quantitative estimate of drug-likeness (QED) is 0.723. The van der Waals surface area contributed by atoms with Crippen molar-refractivity contribution in [3.63, 3.8) is 0 Å². The molecule has 6 nitrogen and oxygen atoms in total. The van der Waals surface area contributed by atoms with Crippen molar-refractivity contribution in [1.29, 1.82) is 0 Å². The number of pyridine rings is 1. The van der Waals surface area contributed by atoms with Crippen molar-refractivity contribution in [2.45, 2.75) is 51.6 Å². The van der Waals surface area contributed by atoms with Crippen molar-refractivity contribution < 1.29 is 9.47 Å². The van der Waals surface area contributed by atoms with Crippen LogP contribution >= 0.6 is 0 Å². The standard InChI is InChI=1S/C20H30N4O2/c1-4-5-12-24-13-10-22-20(24)16-7-6-11-23(14-16)15-17-19(26-3)18(25-2)8-9-21-17/h8-10,13,16H,4-7,11-12,14-15H2,1-3H3/t16-/m1/s1. The lowest BCUT2D eigenvalue weighted by Gasteiger charge is -2.32. The van der Waals surface area contributed by atoms with Gasteiger partial charge in [0, 0.05) is 50.2 Å². The second-order valence-electron chi connectivity index (χ2n) is 6.90. The molecule has 0 bridgehead atoms. The second-order valence-corrected chi connectivity index (χ2v) is 6.90. The summed E-state index contributed by atoms with van der Waals surface area (Å²) in [5.74, 6) is 3.18. The largest absolute Gasteiger partial charge is 0.493 e. The zero-order valence-corrected chi connectivity index (χ0v) is 16.1. The number of nitrogens with zero attached hydrogens (tertiary/aromatic N) is 4. The van der Waals surface area contributed by atoms with E-state index in [4.69, 9.17) is 9.47 Å². The topological polar surface area (TPSA) is 52.4 Å². The zero-order valence-electron chi connectivity index (χ0n) is 16.1. The Bertz CT molecular complexity index is 701. The predicted octanol–water partition coefficient (Wildman–Crippen LogP) is 3.48. The molecule has 3 rings (SSSR count). The zero-order chi connectivity index (χ0) is 18.4. The van der Waals surface area contributed by atoms with Crippen LogP contribution in [0.1, 0.15) is 50.0 Å². The van der Waals surface area contributed by atoms with E-state index in [1.54, 1.807) is 20.4 Å². The summed E-state index contributed by atoms with van der Waals surface area (Å²) in [5, 5.41) is 0. The lowest BCUT2D eigenvalue weighted by Crippen LogP contribution is -2.35. The van der Waals surface area contributed by atoms with Gasteiger partial charge in [-0.3, -0.25) is 9.88 Å². The van der Waals surface area contributed by atoms with Gasteiger partial charge in [0.2, 0.25) is 0 Å². The molecule has 142 valence electrons. The summed E-state index contributed by atoms with van der Waals surface area (Å²) in [6.45, 7) is 6.15. The van der Waals surface area contributed by atoms with Crippen LogP contribution in [-0.4, -0.2) is 46.7 Å². The van der Waals surface area contributed by atoms with E-state index in [2.05, 4.69) is 32.6 Å². The van der Waals surface area contributed by atoms with Gasteiger partial charge in [0.05, 0.1) is 14.2 Å². The van der Waals surface area contributed by atoms with Gasteiger partial charge in [0.25, 0.3) is 0 Å². The van der Waals surface area contributed by atoms with E-state index in [1.165, 1.54) is 31.5 Å². The maximum Gasteiger partial charge on any atom is 0.183 e. The predicted molar refractivity (Wildman–Crippen MR) is 102 cm³/mol. The van der Waals surface area contributed by atoms with E-state index in [0.29, 0.717) is 5.92 Å². The third-order valence-electron chi connectivity index (χ3n) is 5.11. The molecular formula is C20H30N4O2. The van der Waals surface area contributed by atoms with Crippen LogP contribution in [0.15, 0.2) is 24.7 Å². The number of aromatic nitrogens is 3. The lowest BCUT2D eigenvalue weighted by molar-refractivity contribution is 0.189. The maximum atomic E-state index is 5.54. The first-order chi connectivity index (χ1) is 12.8. The highest BCUT2D eigenvalue weighted by atomic mass is 16.5. The van der Waals surface area contributed by atoms with E-state index in [9.17, 15) is 0 Å². The molecule has 26 heavy (non-hydrogen) atoms. The number of aryl methyl sites for hydroxylation is 1. The molecule has 0 N–H and O–H groups in total. The molecule has 0 aromatic carbocycles. The third-order valence-corrected chi connectivity index (χ3v) is 5.11. The number of piperidine rings is 1. The van der Waals surface area contributed by atoms with Crippen LogP contribution in [0.3, 0.4) is 0 Å². The molecule has 0 aliphatic carbocycles. The molecule has 6 heteroatoms. The summed E-state index contributed by atoms with van der Waals surface area (Å²) in [6, 6.07) is 1.84. The van der Waals surface area contributed by atoms with Crippen molar-refractivity contribution in [3.05, 3.63) is 36.2 Å². The minimum atomic E-state index is 0.479. The molecule has 0 amide bonds. The van der Waals surface area contributed by atoms with Crippen LogP contribution in [-0.2, 0) is 13.1 Å². The number of rotatable bonds is 8. The van der Waals surface area contributed by atoms with Crippen LogP contribution in [0.4, 0.5) is 0 Å². The van der Waals surface area contributed by atoms with Crippen molar-refractivity contribution in [3.8, 4) is 11.5 Å². The highest BCUT2D eigenvalue weighted by Gasteiger charge is 2.26. The maximum absolute atomic E-state index is 5.54. The molecule has 0 spiro atoms. The second kappa shape index (κ2) is 9.03. The van der Waals surface area contributed by atoms with Gasteiger partial charge in [-0.1, -0.05) is 13.3 Å². The van der Waals surface area contributed by atoms with Crippen LogP contribution in [0, 0.1) is 0 Å². The van der Waals surface area contributed by atoms with Crippen LogP contribution in [0.5, 0.6) is 11.5 Å². The average molecular weight is 358 g/mol. The number of imidazole rings is 1. The van der Waals surface area contributed by atoms with Crippen molar-refractivity contribution >= 4 is 0 Å². The van der Waals surface area contributed by atoms with Gasteiger partial charge in [0.1, 0.15) is 11.5 Å². The molecule has 0 radical (unpaired) electrons. The van der Waals surface area contributed by atoms with Crippen molar-refractivity contribution in [1.82, 2.24) is 19.4 Å². The van der Waals surface area contributed by atoms with Gasteiger partial charge in [-0.05, 0) is 25.8 Å². The molecule has 3 heterocycles. The van der Waals surface area contributed by atoms with E-state index >= 15 is 0 Å². The summed E-state index contributed by atoms with van der Waals surface area (Å²) < 4.78 is 13.3. The summed E-state index contributed by atoms with van der Waals surface area (Å²) in [6.07, 6.45) is 10.6. The molecule has 0 saturated carbocycles. The number of methoxy groups -OCH3 is 2. The van der Waals surface area contributed by atoms with Crippen molar-refractivity contribution in [2.24, 2.45) is 0 Å². The Hall–Kier alpha value is -2.08. The monoisotopic (exact) mass is 358 g/mol. The van der Waals surface area contributed by atoms with Crippen molar-refractivity contribution in [2.75, 3.05) is 27.3 Å². The van der Waals surface area contributed by atoms with Gasteiger partial charge >= 0.3 is 0 Å². The molecular weight excluding hydrogens is 328 g/mol. The fourth-order valence-electron chi connectivity index (χ4n) is 3.78. The number of unbranched alkanes of at least 4 members (excludes halogenated alkanes) is 1. The molecule has 2 aromatic rings. The molecule has 1 atom stereocenters. The van der Waals surface area contributed by atoms with E-state index in [0.717, 1.165) is 43.4 Å². The first kappa shape index (κ1) is 18.7. The summed E-state index contributed by atoms with van der Waals surface area (Å²) in [7, 11) is 3.33. The summed E-state index contributed by atoms with van der Waals surface area (Å²) >= 11 is 0. The Balaban J connectivity index is 1.71. The molecule has 1 aliphatic rings. The Morgan fingerprint density at radius 2 is 2.08 bits per heavy atom.